The molecule has 1 heterocycles. The third kappa shape index (κ3) is 3.30. The van der Waals surface area contributed by atoms with Gasteiger partial charge in [-0.2, -0.15) is 4.98 Å². The molecular formula is C10H17N3O. The Balaban J connectivity index is 2.33. The van der Waals surface area contributed by atoms with Gasteiger partial charge >= 0.3 is 0 Å². The molecule has 0 aliphatic heterocycles. The molecule has 0 saturated carbocycles. The Morgan fingerprint density at radius 2 is 2.21 bits per heavy atom. The first-order chi connectivity index (χ1) is 6.74. The molecule has 0 radical (unpaired) electrons. The Hall–Kier alpha value is -1.16. The highest BCUT2D eigenvalue weighted by Gasteiger charge is 2.05. The van der Waals surface area contributed by atoms with Crippen molar-refractivity contribution in [3.8, 4) is 0 Å². The summed E-state index contributed by atoms with van der Waals surface area (Å²) in [5, 5.41) is 3.80. The van der Waals surface area contributed by atoms with Crippen LogP contribution in [0.2, 0.25) is 0 Å². The molecule has 0 aliphatic carbocycles. The summed E-state index contributed by atoms with van der Waals surface area (Å²) in [5.74, 6) is 1.30. The number of aryl methyl sites for hydroxylation is 1. The minimum atomic E-state index is 0.610. The van der Waals surface area contributed by atoms with E-state index < -0.39 is 0 Å². The van der Waals surface area contributed by atoms with E-state index >= 15 is 0 Å². The molecule has 2 N–H and O–H groups in total. The van der Waals surface area contributed by atoms with Crippen LogP contribution in [0.15, 0.2) is 11.1 Å². The second-order valence-corrected chi connectivity index (χ2v) is 3.39. The molecule has 0 saturated heterocycles. The molecule has 1 aromatic heterocycles. The first-order valence-electron chi connectivity index (χ1n) is 4.92. The number of aromatic nitrogens is 2. The quantitative estimate of drug-likeness (QED) is 0.702. The normalized spacial score (nSPS) is 10.4. The Kier molecular flexibility index (Phi) is 4.32. The van der Waals surface area contributed by atoms with Gasteiger partial charge in [-0.05, 0) is 31.9 Å². The molecule has 1 rings (SSSR count). The third-order valence-corrected chi connectivity index (χ3v) is 1.94. The molecule has 14 heavy (non-hydrogen) atoms. The zero-order valence-corrected chi connectivity index (χ0v) is 8.62. The molecule has 4 nitrogen and oxygen atoms in total. The molecule has 1 aromatic rings. The zero-order chi connectivity index (χ0) is 10.4. The summed E-state index contributed by atoms with van der Waals surface area (Å²) in [5.41, 5.74) is 6.22. The van der Waals surface area contributed by atoms with Gasteiger partial charge in [0.15, 0.2) is 5.82 Å². The number of rotatable bonds is 6. The third-order valence-electron chi connectivity index (χ3n) is 1.94. The van der Waals surface area contributed by atoms with Crippen LogP contribution in [-0.2, 0) is 6.42 Å². The second-order valence-electron chi connectivity index (χ2n) is 3.39. The lowest BCUT2D eigenvalue weighted by atomic mass is 10.2. The van der Waals surface area contributed by atoms with Crippen molar-refractivity contribution in [1.82, 2.24) is 10.1 Å². The lowest BCUT2D eigenvalue weighted by molar-refractivity contribution is 0.372. The van der Waals surface area contributed by atoms with Crippen molar-refractivity contribution in [1.29, 1.82) is 0 Å². The van der Waals surface area contributed by atoms with Gasteiger partial charge in [0.25, 0.3) is 0 Å². The van der Waals surface area contributed by atoms with Crippen molar-refractivity contribution in [3.05, 3.63) is 18.3 Å². The first-order valence-corrected chi connectivity index (χ1v) is 4.92. The van der Waals surface area contributed by atoms with Gasteiger partial charge in [0.2, 0.25) is 5.89 Å². The zero-order valence-electron chi connectivity index (χ0n) is 8.62. The van der Waals surface area contributed by atoms with Gasteiger partial charge in [0.1, 0.15) is 0 Å². The van der Waals surface area contributed by atoms with Crippen molar-refractivity contribution in [3.63, 3.8) is 0 Å². The summed E-state index contributed by atoms with van der Waals surface area (Å²) in [7, 11) is 0. The van der Waals surface area contributed by atoms with E-state index in [1.807, 2.05) is 6.92 Å². The van der Waals surface area contributed by atoms with Crippen LogP contribution >= 0.6 is 0 Å². The minimum absolute atomic E-state index is 0.610. The summed E-state index contributed by atoms with van der Waals surface area (Å²) >= 11 is 0. The van der Waals surface area contributed by atoms with E-state index in [-0.39, 0.29) is 0 Å². The standard InChI is InChI=1S/C10H17N3O/c1-8(2)10-12-9(14-13-10)6-4-3-5-7-11/h1,3-7,11H2,2H3. The van der Waals surface area contributed by atoms with Gasteiger partial charge in [-0.3, -0.25) is 0 Å². The maximum Gasteiger partial charge on any atom is 0.226 e. The predicted octanol–water partition coefficient (Wildman–Crippen LogP) is 1.77. The van der Waals surface area contributed by atoms with Crippen molar-refractivity contribution >= 4 is 5.57 Å². The van der Waals surface area contributed by atoms with Crippen LogP contribution in [0.4, 0.5) is 0 Å². The van der Waals surface area contributed by atoms with E-state index in [1.54, 1.807) is 0 Å². The van der Waals surface area contributed by atoms with E-state index in [2.05, 4.69) is 16.7 Å². The minimum Gasteiger partial charge on any atom is -0.339 e. The summed E-state index contributed by atoms with van der Waals surface area (Å²) < 4.78 is 5.05. The van der Waals surface area contributed by atoms with Crippen LogP contribution in [0.3, 0.4) is 0 Å². The van der Waals surface area contributed by atoms with Crippen LogP contribution in [0.25, 0.3) is 5.57 Å². The SMILES string of the molecule is C=C(C)c1noc(CCCCCN)n1. The molecule has 0 aliphatic rings. The molecule has 0 amide bonds. The highest BCUT2D eigenvalue weighted by atomic mass is 16.5. The van der Waals surface area contributed by atoms with Crippen molar-refractivity contribution in [2.45, 2.75) is 32.6 Å². The van der Waals surface area contributed by atoms with Gasteiger partial charge < -0.3 is 10.3 Å². The number of hydrogen-bond acceptors (Lipinski definition) is 4. The first kappa shape index (κ1) is 10.9. The summed E-state index contributed by atoms with van der Waals surface area (Å²) in [6, 6.07) is 0. The van der Waals surface area contributed by atoms with Crippen molar-refractivity contribution in [2.75, 3.05) is 6.54 Å². The lowest BCUT2D eigenvalue weighted by Gasteiger charge is -1.94. The molecular weight excluding hydrogens is 178 g/mol. The Labute approximate surface area is 84.2 Å². The molecule has 0 fully saturated rings. The largest absolute Gasteiger partial charge is 0.339 e. The topological polar surface area (TPSA) is 64.9 Å². The predicted molar refractivity (Wildman–Crippen MR) is 55.6 cm³/mol. The smallest absolute Gasteiger partial charge is 0.226 e. The number of unbranched alkanes of at least 4 members (excludes halogenated alkanes) is 2. The molecule has 4 heteroatoms. The Morgan fingerprint density at radius 1 is 1.43 bits per heavy atom. The number of hydrogen-bond donors (Lipinski definition) is 1. The molecule has 0 bridgehead atoms. The number of nitrogens with zero attached hydrogens (tertiary/aromatic N) is 2. The summed E-state index contributed by atoms with van der Waals surface area (Å²) in [4.78, 5) is 4.20. The van der Waals surface area contributed by atoms with Gasteiger partial charge in [0, 0.05) is 6.42 Å². The molecule has 0 unspecified atom stereocenters. The van der Waals surface area contributed by atoms with E-state index in [9.17, 15) is 0 Å². The number of nitrogens with two attached hydrogens (primary N) is 1. The fourth-order valence-electron chi connectivity index (χ4n) is 1.13. The lowest BCUT2D eigenvalue weighted by Crippen LogP contribution is -1.98. The summed E-state index contributed by atoms with van der Waals surface area (Å²) in [6.07, 6.45) is 4.05. The molecule has 78 valence electrons. The van der Waals surface area contributed by atoms with Crippen LogP contribution in [0.1, 0.15) is 37.9 Å². The van der Waals surface area contributed by atoms with Crippen LogP contribution in [0, 0.1) is 0 Å². The maximum atomic E-state index is 5.39. The van der Waals surface area contributed by atoms with Crippen molar-refractivity contribution in [2.24, 2.45) is 5.73 Å². The Bertz CT molecular complexity index is 293. The highest BCUT2D eigenvalue weighted by Crippen LogP contribution is 2.09. The molecule has 0 aromatic carbocycles. The average molecular weight is 195 g/mol. The number of allylic oxidation sites excluding steroid dienone is 1. The molecule has 0 spiro atoms. The van der Waals surface area contributed by atoms with Crippen LogP contribution < -0.4 is 5.73 Å². The fourth-order valence-corrected chi connectivity index (χ4v) is 1.13. The van der Waals surface area contributed by atoms with Gasteiger partial charge in [0.05, 0.1) is 0 Å². The Morgan fingerprint density at radius 3 is 2.79 bits per heavy atom. The van der Waals surface area contributed by atoms with Gasteiger partial charge in [-0.15, -0.1) is 0 Å². The van der Waals surface area contributed by atoms with E-state index in [1.165, 1.54) is 0 Å². The van der Waals surface area contributed by atoms with E-state index in [0.29, 0.717) is 11.7 Å². The average Bonchev–Trinajstić information content (AvgIpc) is 2.61. The van der Waals surface area contributed by atoms with Gasteiger partial charge in [-0.25, -0.2) is 0 Å². The van der Waals surface area contributed by atoms with Gasteiger partial charge in [-0.1, -0.05) is 18.2 Å². The van der Waals surface area contributed by atoms with Crippen LogP contribution in [0.5, 0.6) is 0 Å². The maximum absolute atomic E-state index is 5.39. The van der Waals surface area contributed by atoms with Crippen LogP contribution in [-0.4, -0.2) is 16.7 Å². The van der Waals surface area contributed by atoms with E-state index in [4.69, 9.17) is 10.3 Å². The second kappa shape index (κ2) is 5.54. The fraction of sp³-hybridized carbons (Fsp3) is 0.600. The highest BCUT2D eigenvalue weighted by molar-refractivity contribution is 5.53. The van der Waals surface area contributed by atoms with E-state index in [0.717, 1.165) is 37.8 Å². The monoisotopic (exact) mass is 195 g/mol. The van der Waals surface area contributed by atoms with Crippen molar-refractivity contribution < 1.29 is 4.52 Å². The summed E-state index contributed by atoms with van der Waals surface area (Å²) in [6.45, 7) is 6.36. The molecule has 0 atom stereocenters.